The van der Waals surface area contributed by atoms with Crippen molar-refractivity contribution in [2.24, 2.45) is 0 Å². The summed E-state index contributed by atoms with van der Waals surface area (Å²) in [6, 6.07) is 10.2. The molecule has 0 saturated heterocycles. The molecule has 0 fully saturated rings. The Morgan fingerprint density at radius 3 is 2.41 bits per heavy atom. The molecule has 29 heavy (non-hydrogen) atoms. The van der Waals surface area contributed by atoms with Crippen molar-refractivity contribution in [2.75, 3.05) is 22.8 Å². The van der Waals surface area contributed by atoms with Crippen LogP contribution in [0.3, 0.4) is 0 Å². The second-order valence-corrected chi connectivity index (χ2v) is 10.1. The summed E-state index contributed by atoms with van der Waals surface area (Å²) >= 11 is 0. The lowest BCUT2D eigenvalue weighted by atomic mass is 10.2. The minimum atomic E-state index is -4.20. The van der Waals surface area contributed by atoms with E-state index in [4.69, 9.17) is 0 Å². The highest BCUT2D eigenvalue weighted by Crippen LogP contribution is 2.22. The van der Waals surface area contributed by atoms with Crippen molar-refractivity contribution in [2.45, 2.75) is 11.8 Å². The van der Waals surface area contributed by atoms with Gasteiger partial charge in [-0.3, -0.25) is 19.6 Å². The molecule has 2 aromatic rings. The molecule has 0 aromatic heterocycles. The van der Waals surface area contributed by atoms with E-state index in [1.807, 2.05) is 0 Å². The number of nitrogens with zero attached hydrogens (tertiary/aromatic N) is 1. The number of hydrogen-bond acceptors (Lipinski definition) is 7. The van der Waals surface area contributed by atoms with Gasteiger partial charge in [0, 0.05) is 24.4 Å². The molecule has 0 saturated carbocycles. The minimum Gasteiger partial charge on any atom is -0.351 e. The molecule has 0 radical (unpaired) electrons. The molecular formula is C17H19N3O7S2. The molecule has 156 valence electrons. The van der Waals surface area contributed by atoms with E-state index in [1.54, 1.807) is 0 Å². The summed E-state index contributed by atoms with van der Waals surface area (Å²) in [7, 11) is -7.47. The lowest BCUT2D eigenvalue weighted by Gasteiger charge is -2.13. The molecule has 0 atom stereocenters. The Hall–Kier alpha value is -2.99. The highest BCUT2D eigenvalue weighted by atomic mass is 32.2. The summed E-state index contributed by atoms with van der Waals surface area (Å²) in [4.78, 5) is 22.2. The van der Waals surface area contributed by atoms with E-state index in [2.05, 4.69) is 10.0 Å². The fourth-order valence-corrected chi connectivity index (χ4v) is 4.12. The Kier molecular flexibility index (Phi) is 6.93. The smallest absolute Gasteiger partial charge is 0.270 e. The van der Waals surface area contributed by atoms with Crippen LogP contribution in [0.4, 0.5) is 11.4 Å². The van der Waals surface area contributed by atoms with Crippen LogP contribution in [0.1, 0.15) is 17.3 Å². The van der Waals surface area contributed by atoms with E-state index in [0.29, 0.717) is 0 Å². The molecule has 0 spiro atoms. The van der Waals surface area contributed by atoms with Crippen LogP contribution in [-0.2, 0) is 19.9 Å². The summed E-state index contributed by atoms with van der Waals surface area (Å²) in [5.41, 5.74) is -0.457. The Morgan fingerprint density at radius 2 is 1.76 bits per heavy atom. The number of sulfonamides is 1. The second-order valence-electron chi connectivity index (χ2n) is 5.90. The van der Waals surface area contributed by atoms with E-state index in [9.17, 15) is 31.7 Å². The molecule has 0 bridgehead atoms. The van der Waals surface area contributed by atoms with Gasteiger partial charge in [-0.1, -0.05) is 25.1 Å². The van der Waals surface area contributed by atoms with Gasteiger partial charge in [0.15, 0.2) is 9.84 Å². The maximum Gasteiger partial charge on any atom is 0.270 e. The molecule has 12 heteroatoms. The number of sulfone groups is 1. The number of nitro benzene ring substituents is 1. The van der Waals surface area contributed by atoms with E-state index in [0.717, 1.165) is 12.1 Å². The number of nitrogens with one attached hydrogen (secondary N) is 2. The third-order valence-electron chi connectivity index (χ3n) is 3.89. The van der Waals surface area contributed by atoms with Crippen LogP contribution in [-0.4, -0.2) is 45.7 Å². The van der Waals surface area contributed by atoms with Crippen LogP contribution in [0.2, 0.25) is 0 Å². The van der Waals surface area contributed by atoms with Crippen LogP contribution < -0.4 is 10.0 Å². The van der Waals surface area contributed by atoms with Crippen LogP contribution in [0, 0.1) is 10.1 Å². The highest BCUT2D eigenvalue weighted by molar-refractivity contribution is 7.92. The molecule has 1 amide bonds. The van der Waals surface area contributed by atoms with Crippen LogP contribution in [0.15, 0.2) is 53.4 Å². The summed E-state index contributed by atoms with van der Waals surface area (Å²) in [6.07, 6.45) is 0. The highest BCUT2D eigenvalue weighted by Gasteiger charge is 2.21. The molecule has 0 aliphatic carbocycles. The van der Waals surface area contributed by atoms with Gasteiger partial charge in [-0.15, -0.1) is 0 Å². The first-order valence-corrected chi connectivity index (χ1v) is 11.7. The fraction of sp³-hybridized carbons (Fsp3) is 0.235. The number of rotatable bonds is 9. The van der Waals surface area contributed by atoms with E-state index in [1.165, 1.54) is 43.3 Å². The normalized spacial score (nSPS) is 11.6. The topological polar surface area (TPSA) is 153 Å². The molecule has 0 aliphatic rings. The molecule has 0 aliphatic heterocycles. The van der Waals surface area contributed by atoms with Crippen molar-refractivity contribution in [1.29, 1.82) is 0 Å². The lowest BCUT2D eigenvalue weighted by molar-refractivity contribution is -0.385. The predicted octanol–water partition coefficient (Wildman–Crippen LogP) is 1.56. The zero-order valence-electron chi connectivity index (χ0n) is 15.4. The largest absolute Gasteiger partial charge is 0.351 e. The Labute approximate surface area is 168 Å². The minimum absolute atomic E-state index is 0.0181. The molecule has 2 N–H and O–H groups in total. The summed E-state index contributed by atoms with van der Waals surface area (Å²) < 4.78 is 50.4. The first-order chi connectivity index (χ1) is 13.6. The average Bonchev–Trinajstić information content (AvgIpc) is 2.68. The Balaban J connectivity index is 2.23. The maximum absolute atomic E-state index is 12.6. The number of amides is 1. The van der Waals surface area contributed by atoms with Gasteiger partial charge in [-0.05, 0) is 18.2 Å². The first kappa shape index (κ1) is 22.3. The number of para-hydroxylation sites is 1. The van der Waals surface area contributed by atoms with Crippen molar-refractivity contribution in [3.05, 3.63) is 64.2 Å². The van der Waals surface area contributed by atoms with Crippen molar-refractivity contribution in [3.63, 3.8) is 0 Å². The van der Waals surface area contributed by atoms with Crippen molar-refractivity contribution >= 4 is 37.1 Å². The average molecular weight is 441 g/mol. The van der Waals surface area contributed by atoms with E-state index in [-0.39, 0.29) is 34.2 Å². The van der Waals surface area contributed by atoms with Crippen LogP contribution in [0.5, 0.6) is 0 Å². The van der Waals surface area contributed by atoms with Gasteiger partial charge < -0.3 is 5.32 Å². The molecule has 0 heterocycles. The number of benzene rings is 2. The van der Waals surface area contributed by atoms with Crippen molar-refractivity contribution in [1.82, 2.24) is 5.32 Å². The third kappa shape index (κ3) is 5.99. The summed E-state index contributed by atoms with van der Waals surface area (Å²) in [5, 5.41) is 13.3. The number of non-ortho nitro benzene ring substituents is 1. The molecule has 0 unspecified atom stereocenters. The quantitative estimate of drug-likeness (QED) is 0.442. The predicted molar refractivity (Wildman–Crippen MR) is 107 cm³/mol. The summed E-state index contributed by atoms with van der Waals surface area (Å²) in [6.45, 7) is 1.37. The maximum atomic E-state index is 12.6. The number of carbonyl (C=O) groups excluding carboxylic acids is 1. The molecular weight excluding hydrogens is 422 g/mol. The van der Waals surface area contributed by atoms with Gasteiger partial charge in [0.1, 0.15) is 0 Å². The number of anilines is 1. The standard InChI is InChI=1S/C17H19N3O7S2/c1-2-28(24,25)11-10-18-17(21)15-8-3-4-9-16(15)19-29(26,27)14-7-5-6-13(12-14)20(22)23/h3-9,12,19H,2,10-11H2,1H3,(H,18,21). The van der Waals surface area contributed by atoms with E-state index >= 15 is 0 Å². The first-order valence-electron chi connectivity index (χ1n) is 8.40. The van der Waals surface area contributed by atoms with Gasteiger partial charge in [-0.25, -0.2) is 16.8 Å². The van der Waals surface area contributed by atoms with Gasteiger partial charge >= 0.3 is 0 Å². The van der Waals surface area contributed by atoms with Gasteiger partial charge in [0.25, 0.3) is 21.6 Å². The fourth-order valence-electron chi connectivity index (χ4n) is 2.30. The van der Waals surface area contributed by atoms with Crippen molar-refractivity contribution in [3.8, 4) is 0 Å². The van der Waals surface area contributed by atoms with Crippen molar-refractivity contribution < 1.29 is 26.6 Å². The van der Waals surface area contributed by atoms with Crippen LogP contribution in [0.25, 0.3) is 0 Å². The molecule has 2 rings (SSSR count). The molecule has 2 aromatic carbocycles. The van der Waals surface area contributed by atoms with E-state index < -0.39 is 36.4 Å². The van der Waals surface area contributed by atoms with Gasteiger partial charge in [-0.2, -0.15) is 0 Å². The number of nitro groups is 1. The zero-order valence-corrected chi connectivity index (χ0v) is 17.0. The summed E-state index contributed by atoms with van der Waals surface area (Å²) in [5.74, 6) is -0.951. The SMILES string of the molecule is CCS(=O)(=O)CCNC(=O)c1ccccc1NS(=O)(=O)c1cccc([N+](=O)[O-])c1. The number of hydrogen-bond donors (Lipinski definition) is 2. The monoisotopic (exact) mass is 441 g/mol. The molecule has 10 nitrogen and oxygen atoms in total. The Morgan fingerprint density at radius 1 is 1.07 bits per heavy atom. The van der Waals surface area contributed by atoms with Gasteiger partial charge in [0.2, 0.25) is 0 Å². The van der Waals surface area contributed by atoms with Gasteiger partial charge in [0.05, 0.1) is 26.8 Å². The Bertz CT molecular complexity index is 1130. The number of carbonyl (C=O) groups is 1. The second kappa shape index (κ2) is 9.01. The third-order valence-corrected chi connectivity index (χ3v) is 6.96. The van der Waals surface area contributed by atoms with Crippen LogP contribution >= 0.6 is 0 Å². The zero-order chi connectivity index (χ0) is 21.7. The lowest BCUT2D eigenvalue weighted by Crippen LogP contribution is -2.30.